The first kappa shape index (κ1) is 24.2. The van der Waals surface area contributed by atoms with Crippen molar-refractivity contribution in [3.05, 3.63) is 0 Å². The fourth-order valence-electron chi connectivity index (χ4n) is 1.45. The molecule has 0 aliphatic carbocycles. The highest BCUT2D eigenvalue weighted by molar-refractivity contribution is 7.45. The molecule has 0 atom stereocenters. The standard InChI is InChI=1S/C14H30O3.H3O4P/c1-3-5-7-9-15-11-13-17-14-12-16-10-8-6-4-2;1-5(2,3)4/h3-14H2,1-2H3;(H3,1,2,3,4). The van der Waals surface area contributed by atoms with E-state index in [0.717, 1.165) is 26.1 Å². The van der Waals surface area contributed by atoms with Crippen LogP contribution < -0.4 is 0 Å². The van der Waals surface area contributed by atoms with E-state index in [2.05, 4.69) is 13.8 Å². The van der Waals surface area contributed by atoms with E-state index in [9.17, 15) is 0 Å². The molecule has 8 heteroatoms. The maximum atomic E-state index is 8.88. The third-order valence-electron chi connectivity index (χ3n) is 2.53. The van der Waals surface area contributed by atoms with Gasteiger partial charge in [0, 0.05) is 13.2 Å². The van der Waals surface area contributed by atoms with E-state index in [1.54, 1.807) is 0 Å². The van der Waals surface area contributed by atoms with Crippen molar-refractivity contribution >= 4 is 7.82 Å². The third kappa shape index (κ3) is 36.8. The van der Waals surface area contributed by atoms with Crippen LogP contribution in [0.15, 0.2) is 0 Å². The molecule has 0 saturated carbocycles. The van der Waals surface area contributed by atoms with Gasteiger partial charge in [0.25, 0.3) is 0 Å². The molecule has 22 heavy (non-hydrogen) atoms. The van der Waals surface area contributed by atoms with Gasteiger partial charge < -0.3 is 28.9 Å². The molecular formula is C14H33O7P. The number of ether oxygens (including phenoxy) is 3. The van der Waals surface area contributed by atoms with Crippen LogP contribution in [0, 0.1) is 0 Å². The molecule has 0 rings (SSSR count). The third-order valence-corrected chi connectivity index (χ3v) is 2.53. The van der Waals surface area contributed by atoms with Gasteiger partial charge in [-0.2, -0.15) is 0 Å². The molecule has 0 amide bonds. The fraction of sp³-hybridized carbons (Fsp3) is 1.00. The summed E-state index contributed by atoms with van der Waals surface area (Å²) in [6.07, 6.45) is 7.33. The Kier molecular flexibility index (Phi) is 21.0. The Hall–Kier alpha value is -0.0100. The van der Waals surface area contributed by atoms with Gasteiger partial charge in [-0.1, -0.05) is 39.5 Å². The van der Waals surface area contributed by atoms with Gasteiger partial charge in [-0.05, 0) is 12.8 Å². The molecule has 0 fully saturated rings. The molecule has 3 N–H and O–H groups in total. The van der Waals surface area contributed by atoms with E-state index in [0.29, 0.717) is 26.4 Å². The van der Waals surface area contributed by atoms with Crippen molar-refractivity contribution in [3.8, 4) is 0 Å². The Morgan fingerprint density at radius 2 is 0.909 bits per heavy atom. The summed E-state index contributed by atoms with van der Waals surface area (Å²) in [5, 5.41) is 0. The van der Waals surface area contributed by atoms with E-state index < -0.39 is 7.82 Å². The molecular weight excluding hydrogens is 311 g/mol. The van der Waals surface area contributed by atoms with Crippen molar-refractivity contribution in [1.82, 2.24) is 0 Å². The zero-order valence-corrected chi connectivity index (χ0v) is 14.8. The predicted octanol–water partition coefficient (Wildman–Crippen LogP) is 2.49. The lowest BCUT2D eigenvalue weighted by Gasteiger charge is -2.06. The molecule has 0 saturated heterocycles. The fourth-order valence-corrected chi connectivity index (χ4v) is 1.45. The zero-order chi connectivity index (χ0) is 17.1. The van der Waals surface area contributed by atoms with Crippen LogP contribution in [0.4, 0.5) is 0 Å². The Balaban J connectivity index is 0. The Morgan fingerprint density at radius 1 is 0.636 bits per heavy atom. The van der Waals surface area contributed by atoms with Crippen molar-refractivity contribution in [3.63, 3.8) is 0 Å². The first-order valence-corrected chi connectivity index (χ1v) is 9.49. The lowest BCUT2D eigenvalue weighted by atomic mass is 10.3. The number of unbranched alkanes of at least 4 members (excludes halogenated alkanes) is 4. The average molecular weight is 344 g/mol. The molecule has 0 radical (unpaired) electrons. The molecule has 136 valence electrons. The monoisotopic (exact) mass is 344 g/mol. The summed E-state index contributed by atoms with van der Waals surface area (Å²) >= 11 is 0. The smallest absolute Gasteiger partial charge is 0.379 e. The Labute approximate surface area is 134 Å². The molecule has 0 aromatic heterocycles. The van der Waals surface area contributed by atoms with Crippen LogP contribution in [0.5, 0.6) is 0 Å². The van der Waals surface area contributed by atoms with Gasteiger partial charge in [-0.15, -0.1) is 0 Å². The van der Waals surface area contributed by atoms with Crippen molar-refractivity contribution in [2.24, 2.45) is 0 Å². The quantitative estimate of drug-likeness (QED) is 0.328. The van der Waals surface area contributed by atoms with Gasteiger partial charge in [0.15, 0.2) is 0 Å². The van der Waals surface area contributed by atoms with Gasteiger partial charge in [0.1, 0.15) is 0 Å². The molecule has 0 aromatic rings. The van der Waals surface area contributed by atoms with Crippen LogP contribution in [-0.4, -0.2) is 54.3 Å². The molecule has 0 aliphatic heterocycles. The summed E-state index contributed by atoms with van der Waals surface area (Å²) < 4.78 is 25.1. The second kappa shape index (κ2) is 19.0. The van der Waals surface area contributed by atoms with Crippen molar-refractivity contribution < 1.29 is 33.5 Å². The van der Waals surface area contributed by atoms with E-state index in [4.69, 9.17) is 33.5 Å². The second-order valence-corrected chi connectivity index (χ2v) is 5.79. The van der Waals surface area contributed by atoms with Gasteiger partial charge in [-0.3, -0.25) is 0 Å². The maximum Gasteiger partial charge on any atom is 0.466 e. The largest absolute Gasteiger partial charge is 0.466 e. The lowest BCUT2D eigenvalue weighted by molar-refractivity contribution is 0.0133. The highest BCUT2D eigenvalue weighted by Gasteiger charge is 2.00. The summed E-state index contributed by atoms with van der Waals surface area (Å²) in [5.41, 5.74) is 0. The van der Waals surface area contributed by atoms with E-state index >= 15 is 0 Å². The molecule has 0 aromatic carbocycles. The minimum absolute atomic E-state index is 0.685. The molecule has 0 bridgehead atoms. The van der Waals surface area contributed by atoms with Crippen molar-refractivity contribution in [2.45, 2.75) is 52.4 Å². The molecule has 0 heterocycles. The summed E-state index contributed by atoms with van der Waals surface area (Å²) in [5.74, 6) is 0. The summed E-state index contributed by atoms with van der Waals surface area (Å²) in [6.45, 7) is 8.91. The van der Waals surface area contributed by atoms with Crippen LogP contribution in [-0.2, 0) is 18.8 Å². The SMILES string of the molecule is CCCCCOCCOCCOCCCCC.O=P(O)(O)O. The summed E-state index contributed by atoms with van der Waals surface area (Å²) in [6, 6.07) is 0. The number of phosphoric acid groups is 1. The highest BCUT2D eigenvalue weighted by atomic mass is 31.2. The first-order chi connectivity index (χ1) is 10.4. The van der Waals surface area contributed by atoms with Crippen LogP contribution in [0.25, 0.3) is 0 Å². The number of hydrogen-bond acceptors (Lipinski definition) is 4. The van der Waals surface area contributed by atoms with Crippen LogP contribution in [0.3, 0.4) is 0 Å². The minimum atomic E-state index is -4.64. The molecule has 0 unspecified atom stereocenters. The normalized spacial score (nSPS) is 11.1. The Bertz CT molecular complexity index is 223. The minimum Gasteiger partial charge on any atom is -0.379 e. The average Bonchev–Trinajstić information content (AvgIpc) is 2.42. The Morgan fingerprint density at radius 3 is 1.18 bits per heavy atom. The lowest BCUT2D eigenvalue weighted by Crippen LogP contribution is -2.10. The van der Waals surface area contributed by atoms with Crippen LogP contribution >= 0.6 is 7.82 Å². The molecule has 7 nitrogen and oxygen atoms in total. The second-order valence-electron chi connectivity index (χ2n) is 4.76. The topological polar surface area (TPSA) is 105 Å². The van der Waals surface area contributed by atoms with Gasteiger partial charge in [-0.25, -0.2) is 4.57 Å². The number of rotatable bonds is 14. The maximum absolute atomic E-state index is 8.88. The van der Waals surface area contributed by atoms with Gasteiger partial charge in [0.05, 0.1) is 26.4 Å². The van der Waals surface area contributed by atoms with Crippen LogP contribution in [0.1, 0.15) is 52.4 Å². The van der Waals surface area contributed by atoms with E-state index in [1.807, 2.05) is 0 Å². The predicted molar refractivity (Wildman–Crippen MR) is 85.8 cm³/mol. The van der Waals surface area contributed by atoms with E-state index in [1.165, 1.54) is 25.7 Å². The summed E-state index contributed by atoms with van der Waals surface area (Å²) in [4.78, 5) is 21.6. The van der Waals surface area contributed by atoms with Crippen molar-refractivity contribution in [2.75, 3.05) is 39.6 Å². The highest BCUT2D eigenvalue weighted by Crippen LogP contribution is 2.25. The zero-order valence-electron chi connectivity index (χ0n) is 13.9. The molecule has 0 spiro atoms. The number of hydrogen-bond donors (Lipinski definition) is 3. The first-order valence-electron chi connectivity index (χ1n) is 7.93. The van der Waals surface area contributed by atoms with Gasteiger partial charge in [0.2, 0.25) is 0 Å². The van der Waals surface area contributed by atoms with Crippen molar-refractivity contribution in [1.29, 1.82) is 0 Å². The molecule has 0 aliphatic rings. The van der Waals surface area contributed by atoms with Gasteiger partial charge >= 0.3 is 7.82 Å². The van der Waals surface area contributed by atoms with Crippen LogP contribution in [0.2, 0.25) is 0 Å². The van der Waals surface area contributed by atoms with E-state index in [-0.39, 0.29) is 0 Å². The summed E-state index contributed by atoms with van der Waals surface area (Å²) in [7, 11) is -4.64.